The van der Waals surface area contributed by atoms with Gasteiger partial charge in [-0.1, -0.05) is 37.1 Å². The molecule has 0 spiro atoms. The molecular weight excluding hydrogens is 290 g/mol. The number of carbonyl (C=O) groups is 1. The van der Waals surface area contributed by atoms with E-state index in [9.17, 15) is 9.90 Å². The summed E-state index contributed by atoms with van der Waals surface area (Å²) in [4.78, 5) is 14.5. The van der Waals surface area contributed by atoms with Crippen LogP contribution in [0.4, 0.5) is 0 Å². The molecule has 3 rings (SSSR count). The third-order valence-corrected chi connectivity index (χ3v) is 5.68. The molecule has 2 atom stereocenters. The molecule has 4 heteroatoms. The maximum absolute atomic E-state index is 12.4. The molecule has 1 aliphatic carbocycles. The number of ether oxygens (including phenoxy) is 1. The molecule has 0 amide bonds. The maximum atomic E-state index is 12.4. The van der Waals surface area contributed by atoms with E-state index in [1.165, 1.54) is 38.4 Å². The van der Waals surface area contributed by atoms with Crippen LogP contribution in [0, 0.1) is 0 Å². The topological polar surface area (TPSA) is 49.8 Å². The Hall–Kier alpha value is -1.39. The molecule has 1 aromatic rings. The van der Waals surface area contributed by atoms with Crippen LogP contribution in [-0.4, -0.2) is 42.7 Å². The minimum atomic E-state index is -1.59. The third-order valence-electron chi connectivity index (χ3n) is 5.68. The first-order valence-corrected chi connectivity index (χ1v) is 8.69. The van der Waals surface area contributed by atoms with Gasteiger partial charge in [0.1, 0.15) is 0 Å². The van der Waals surface area contributed by atoms with Gasteiger partial charge in [-0.25, -0.2) is 4.79 Å². The normalized spacial score (nSPS) is 25.4. The molecule has 1 heterocycles. The number of benzene rings is 1. The Labute approximate surface area is 138 Å². The second-order valence-electron chi connectivity index (χ2n) is 7.00. The van der Waals surface area contributed by atoms with Crippen molar-refractivity contribution < 1.29 is 14.6 Å². The van der Waals surface area contributed by atoms with Gasteiger partial charge in [0.2, 0.25) is 5.60 Å². The highest BCUT2D eigenvalue weighted by atomic mass is 16.5. The highest BCUT2D eigenvalue weighted by Crippen LogP contribution is 2.38. The predicted molar refractivity (Wildman–Crippen MR) is 89.2 cm³/mol. The first-order chi connectivity index (χ1) is 11.1. The van der Waals surface area contributed by atoms with Gasteiger partial charge in [-0.05, 0) is 56.3 Å². The Bertz CT molecular complexity index is 550. The zero-order valence-corrected chi connectivity index (χ0v) is 14.1. The molecule has 1 N–H and O–H groups in total. The monoisotopic (exact) mass is 317 g/mol. The quantitative estimate of drug-likeness (QED) is 0.868. The van der Waals surface area contributed by atoms with Gasteiger partial charge < -0.3 is 9.84 Å². The van der Waals surface area contributed by atoms with E-state index in [4.69, 9.17) is 4.74 Å². The second kappa shape index (κ2) is 6.62. The summed E-state index contributed by atoms with van der Waals surface area (Å²) in [5, 5.41) is 11.3. The van der Waals surface area contributed by atoms with E-state index in [1.807, 2.05) is 19.2 Å². The molecule has 0 radical (unpaired) electrons. The van der Waals surface area contributed by atoms with Crippen LogP contribution in [-0.2, 0) is 15.1 Å². The minimum absolute atomic E-state index is 0.229. The van der Waals surface area contributed by atoms with Crippen molar-refractivity contribution in [3.05, 3.63) is 35.4 Å². The fraction of sp³-hybridized carbons (Fsp3) is 0.632. The summed E-state index contributed by atoms with van der Waals surface area (Å²) >= 11 is 0. The number of hydrogen-bond acceptors (Lipinski definition) is 4. The molecule has 0 bridgehead atoms. The van der Waals surface area contributed by atoms with E-state index in [1.54, 1.807) is 0 Å². The van der Waals surface area contributed by atoms with Crippen molar-refractivity contribution >= 4 is 5.97 Å². The lowest BCUT2D eigenvalue weighted by Crippen LogP contribution is -2.52. The molecule has 4 nitrogen and oxygen atoms in total. The summed E-state index contributed by atoms with van der Waals surface area (Å²) in [5.74, 6) is 0.0642. The largest absolute Gasteiger partial charge is 0.467 e. The molecule has 1 aromatic carbocycles. The van der Waals surface area contributed by atoms with Crippen molar-refractivity contribution in [1.29, 1.82) is 0 Å². The van der Waals surface area contributed by atoms with Crippen LogP contribution >= 0.6 is 0 Å². The third kappa shape index (κ3) is 2.90. The lowest BCUT2D eigenvalue weighted by atomic mass is 9.83. The fourth-order valence-electron chi connectivity index (χ4n) is 4.31. The van der Waals surface area contributed by atoms with Crippen LogP contribution in [0.5, 0.6) is 0 Å². The van der Waals surface area contributed by atoms with Crippen molar-refractivity contribution in [2.45, 2.75) is 56.1 Å². The summed E-state index contributed by atoms with van der Waals surface area (Å²) in [5.41, 5.74) is 0.372. The van der Waals surface area contributed by atoms with Gasteiger partial charge in [0.25, 0.3) is 0 Å². The highest BCUT2D eigenvalue weighted by Gasteiger charge is 2.49. The van der Waals surface area contributed by atoms with Crippen LogP contribution in [0.3, 0.4) is 0 Å². The lowest BCUT2D eigenvalue weighted by molar-refractivity contribution is -0.170. The van der Waals surface area contributed by atoms with Crippen LogP contribution < -0.4 is 0 Å². The number of esters is 1. The number of aliphatic hydroxyl groups is 1. The number of methoxy groups -OCH3 is 1. The smallest absolute Gasteiger partial charge is 0.344 e. The summed E-state index contributed by atoms with van der Waals surface area (Å²) in [7, 11) is 3.30. The number of likely N-dealkylation sites (N-methyl/N-ethyl adjacent to an activating group) is 1. The van der Waals surface area contributed by atoms with Gasteiger partial charge >= 0.3 is 5.97 Å². The molecule has 1 saturated heterocycles. The average molecular weight is 317 g/mol. The lowest BCUT2D eigenvalue weighted by Gasteiger charge is -2.35. The van der Waals surface area contributed by atoms with Crippen LogP contribution in [0.25, 0.3) is 0 Å². The minimum Gasteiger partial charge on any atom is -0.467 e. The van der Waals surface area contributed by atoms with Gasteiger partial charge in [0.15, 0.2) is 0 Å². The second-order valence-corrected chi connectivity index (χ2v) is 7.00. The standard InChI is InChI=1S/C19H27NO3/c1-20-13-5-8-17(20)19(22,18(21)23-2)16-11-9-15(10-12-16)14-6-3-4-7-14/h9-12,14,17,22H,3-8,13H2,1-2H3. The summed E-state index contributed by atoms with van der Waals surface area (Å²) in [6.45, 7) is 0.893. The molecule has 23 heavy (non-hydrogen) atoms. The number of likely N-dealkylation sites (tertiary alicyclic amines) is 1. The van der Waals surface area contributed by atoms with Crippen molar-refractivity contribution in [3.8, 4) is 0 Å². The Morgan fingerprint density at radius 2 is 1.83 bits per heavy atom. The zero-order valence-electron chi connectivity index (χ0n) is 14.1. The molecule has 126 valence electrons. The number of carbonyl (C=O) groups excluding carboxylic acids is 1. The Kier molecular flexibility index (Phi) is 4.74. The summed E-state index contributed by atoms with van der Waals surface area (Å²) in [6.07, 6.45) is 6.86. The van der Waals surface area contributed by atoms with E-state index in [-0.39, 0.29) is 6.04 Å². The van der Waals surface area contributed by atoms with Crippen molar-refractivity contribution in [2.24, 2.45) is 0 Å². The molecular formula is C19H27NO3. The number of rotatable bonds is 4. The van der Waals surface area contributed by atoms with E-state index in [2.05, 4.69) is 17.0 Å². The van der Waals surface area contributed by atoms with Crippen LogP contribution in [0.1, 0.15) is 55.6 Å². The zero-order chi connectivity index (χ0) is 16.4. The molecule has 2 unspecified atom stereocenters. The Morgan fingerprint density at radius 3 is 2.35 bits per heavy atom. The van der Waals surface area contributed by atoms with E-state index >= 15 is 0 Å². The average Bonchev–Trinajstić information content (AvgIpc) is 3.25. The Morgan fingerprint density at radius 1 is 1.17 bits per heavy atom. The maximum Gasteiger partial charge on any atom is 0.344 e. The van der Waals surface area contributed by atoms with Gasteiger partial charge in [-0.3, -0.25) is 4.90 Å². The molecule has 1 aliphatic heterocycles. The van der Waals surface area contributed by atoms with Gasteiger partial charge in [0.05, 0.1) is 13.2 Å². The van der Waals surface area contributed by atoms with Crippen molar-refractivity contribution in [3.63, 3.8) is 0 Å². The van der Waals surface area contributed by atoms with E-state index in [0.29, 0.717) is 11.5 Å². The van der Waals surface area contributed by atoms with Gasteiger partial charge in [-0.2, -0.15) is 0 Å². The van der Waals surface area contributed by atoms with Gasteiger partial charge in [-0.15, -0.1) is 0 Å². The molecule has 0 aromatic heterocycles. The molecule has 2 fully saturated rings. The SMILES string of the molecule is COC(=O)C(O)(c1ccc(C2CCCC2)cc1)C1CCCN1C. The number of hydrogen-bond donors (Lipinski definition) is 1. The van der Waals surface area contributed by atoms with Gasteiger partial charge in [0, 0.05) is 0 Å². The van der Waals surface area contributed by atoms with E-state index in [0.717, 1.165) is 19.4 Å². The van der Waals surface area contributed by atoms with Crippen LogP contribution in [0.15, 0.2) is 24.3 Å². The predicted octanol–water partition coefficient (Wildman–Crippen LogP) is 2.80. The Balaban J connectivity index is 1.91. The summed E-state index contributed by atoms with van der Waals surface area (Å²) in [6, 6.07) is 7.75. The summed E-state index contributed by atoms with van der Waals surface area (Å²) < 4.78 is 4.94. The molecule has 2 aliphatic rings. The highest BCUT2D eigenvalue weighted by molar-refractivity contribution is 5.82. The van der Waals surface area contributed by atoms with E-state index < -0.39 is 11.6 Å². The van der Waals surface area contributed by atoms with Crippen LogP contribution in [0.2, 0.25) is 0 Å². The first-order valence-electron chi connectivity index (χ1n) is 8.69. The van der Waals surface area contributed by atoms with Crippen molar-refractivity contribution in [2.75, 3.05) is 20.7 Å². The number of nitrogens with zero attached hydrogens (tertiary/aromatic N) is 1. The first kappa shape index (κ1) is 16.5. The van der Waals surface area contributed by atoms with Crippen molar-refractivity contribution in [1.82, 2.24) is 4.90 Å². The fourth-order valence-corrected chi connectivity index (χ4v) is 4.31. The molecule has 1 saturated carbocycles.